The second-order valence-electron chi connectivity index (χ2n) is 6.16. The third-order valence-electron chi connectivity index (χ3n) is 3.70. The summed E-state index contributed by atoms with van der Waals surface area (Å²) in [7, 11) is 0. The zero-order chi connectivity index (χ0) is 19.4. The summed E-state index contributed by atoms with van der Waals surface area (Å²) in [4.78, 5) is 41.2. The molecular weight excluding hydrogens is 346 g/mol. The Morgan fingerprint density at radius 1 is 1.00 bits per heavy atom. The molecule has 0 aliphatic heterocycles. The fourth-order valence-corrected chi connectivity index (χ4v) is 2.49. The van der Waals surface area contributed by atoms with E-state index in [0.29, 0.717) is 17.0 Å². The summed E-state index contributed by atoms with van der Waals surface area (Å²) < 4.78 is 1.30. The monoisotopic (exact) mass is 365 g/mol. The van der Waals surface area contributed by atoms with Gasteiger partial charge >= 0.3 is 6.03 Å². The normalized spacial score (nSPS) is 10.6. The van der Waals surface area contributed by atoms with Gasteiger partial charge in [0, 0.05) is 18.4 Å². The molecule has 3 rings (SSSR count). The largest absolute Gasteiger partial charge is 0.336 e. The second kappa shape index (κ2) is 7.69. The Morgan fingerprint density at radius 2 is 1.67 bits per heavy atom. The number of fused-ring (bicyclic) bond motifs is 1. The van der Waals surface area contributed by atoms with Gasteiger partial charge in [-0.2, -0.15) is 0 Å². The van der Waals surface area contributed by atoms with Gasteiger partial charge in [-0.05, 0) is 38.1 Å². The van der Waals surface area contributed by atoms with Crippen LogP contribution in [0, 0.1) is 0 Å². The molecule has 3 N–H and O–H groups in total. The molecule has 2 heterocycles. The molecule has 3 aromatic rings. The third-order valence-corrected chi connectivity index (χ3v) is 3.70. The van der Waals surface area contributed by atoms with Crippen LogP contribution in [-0.2, 0) is 0 Å². The highest BCUT2D eigenvalue weighted by atomic mass is 16.2. The van der Waals surface area contributed by atoms with Crippen LogP contribution < -0.4 is 21.5 Å². The predicted molar refractivity (Wildman–Crippen MR) is 103 cm³/mol. The number of rotatable bonds is 4. The highest BCUT2D eigenvalue weighted by Crippen LogP contribution is 2.21. The molecule has 138 valence electrons. The average Bonchev–Trinajstić information content (AvgIpc) is 2.63. The summed E-state index contributed by atoms with van der Waals surface area (Å²) in [5.41, 5.74) is 0.671. The summed E-state index contributed by atoms with van der Waals surface area (Å²) >= 11 is 0. The van der Waals surface area contributed by atoms with Gasteiger partial charge in [0.25, 0.3) is 11.5 Å². The van der Waals surface area contributed by atoms with Gasteiger partial charge in [-0.3, -0.25) is 14.0 Å². The predicted octanol–water partition coefficient (Wildman–Crippen LogP) is 2.48. The fourth-order valence-electron chi connectivity index (χ4n) is 2.49. The minimum absolute atomic E-state index is 0.0320. The SMILES string of the molecule is CC(C)NC(=O)Nc1ccccc1NC(=O)c1cnc2ccccn2c1=O. The van der Waals surface area contributed by atoms with Gasteiger partial charge in [-0.1, -0.05) is 18.2 Å². The van der Waals surface area contributed by atoms with Crippen LogP contribution in [0.15, 0.2) is 59.7 Å². The van der Waals surface area contributed by atoms with E-state index in [9.17, 15) is 14.4 Å². The Hall–Kier alpha value is -3.68. The van der Waals surface area contributed by atoms with Crippen LogP contribution in [-0.4, -0.2) is 27.4 Å². The minimum Gasteiger partial charge on any atom is -0.336 e. The van der Waals surface area contributed by atoms with Crippen molar-refractivity contribution in [2.24, 2.45) is 0 Å². The molecule has 0 fully saturated rings. The lowest BCUT2D eigenvalue weighted by atomic mass is 10.2. The molecule has 1 aromatic carbocycles. The smallest absolute Gasteiger partial charge is 0.319 e. The zero-order valence-electron chi connectivity index (χ0n) is 14.9. The van der Waals surface area contributed by atoms with Crippen molar-refractivity contribution < 1.29 is 9.59 Å². The van der Waals surface area contributed by atoms with Crippen LogP contribution in [0.2, 0.25) is 0 Å². The molecule has 0 spiro atoms. The van der Waals surface area contributed by atoms with Crippen LogP contribution in [0.5, 0.6) is 0 Å². The molecule has 0 aliphatic rings. The van der Waals surface area contributed by atoms with Crippen molar-refractivity contribution >= 4 is 29.0 Å². The number of para-hydroxylation sites is 2. The Labute approximate surface area is 155 Å². The Bertz CT molecular complexity index is 1060. The number of hydrogen-bond acceptors (Lipinski definition) is 4. The molecule has 0 saturated carbocycles. The maximum atomic E-state index is 12.6. The molecule has 0 atom stereocenters. The van der Waals surface area contributed by atoms with E-state index in [1.54, 1.807) is 48.7 Å². The van der Waals surface area contributed by atoms with Gasteiger partial charge in [0.2, 0.25) is 0 Å². The molecule has 0 aliphatic carbocycles. The summed E-state index contributed by atoms with van der Waals surface area (Å²) in [6.07, 6.45) is 2.79. The first-order valence-corrected chi connectivity index (χ1v) is 8.40. The third kappa shape index (κ3) is 4.12. The lowest BCUT2D eigenvalue weighted by Crippen LogP contribution is -2.34. The zero-order valence-corrected chi connectivity index (χ0v) is 14.9. The standard InChI is InChI=1S/C19H19N5O3/c1-12(2)21-19(27)23-15-8-4-3-7-14(15)22-17(25)13-11-20-16-9-5-6-10-24(16)18(13)26/h3-12H,1-2H3,(H,22,25)(H2,21,23,27). The van der Waals surface area contributed by atoms with Crippen molar-refractivity contribution in [3.05, 3.63) is 70.8 Å². The van der Waals surface area contributed by atoms with Gasteiger partial charge < -0.3 is 16.0 Å². The fraction of sp³-hybridized carbons (Fsp3) is 0.158. The van der Waals surface area contributed by atoms with Crippen molar-refractivity contribution in [3.8, 4) is 0 Å². The van der Waals surface area contributed by atoms with Crippen molar-refractivity contribution in [3.63, 3.8) is 0 Å². The Morgan fingerprint density at radius 3 is 2.37 bits per heavy atom. The van der Waals surface area contributed by atoms with Gasteiger partial charge in [0.15, 0.2) is 0 Å². The molecule has 27 heavy (non-hydrogen) atoms. The highest BCUT2D eigenvalue weighted by Gasteiger charge is 2.15. The first kappa shape index (κ1) is 18.1. The van der Waals surface area contributed by atoms with Crippen LogP contribution in [0.3, 0.4) is 0 Å². The number of amides is 3. The first-order valence-electron chi connectivity index (χ1n) is 8.40. The number of nitrogens with one attached hydrogen (secondary N) is 3. The number of carbonyl (C=O) groups is 2. The molecule has 2 aromatic heterocycles. The molecule has 8 nitrogen and oxygen atoms in total. The maximum absolute atomic E-state index is 12.6. The molecule has 0 radical (unpaired) electrons. The Balaban J connectivity index is 1.86. The van der Waals surface area contributed by atoms with E-state index in [4.69, 9.17) is 0 Å². The van der Waals surface area contributed by atoms with E-state index in [2.05, 4.69) is 20.9 Å². The molecular formula is C19H19N5O3. The summed E-state index contributed by atoms with van der Waals surface area (Å²) in [6, 6.07) is 11.4. The van der Waals surface area contributed by atoms with E-state index in [1.165, 1.54) is 10.6 Å². The average molecular weight is 365 g/mol. The van der Waals surface area contributed by atoms with Gasteiger partial charge in [0.1, 0.15) is 11.2 Å². The van der Waals surface area contributed by atoms with E-state index < -0.39 is 11.5 Å². The van der Waals surface area contributed by atoms with Gasteiger partial charge in [-0.25, -0.2) is 9.78 Å². The van der Waals surface area contributed by atoms with Crippen molar-refractivity contribution in [2.45, 2.75) is 19.9 Å². The van der Waals surface area contributed by atoms with Crippen LogP contribution in [0.1, 0.15) is 24.2 Å². The van der Waals surface area contributed by atoms with E-state index in [1.807, 2.05) is 13.8 Å². The van der Waals surface area contributed by atoms with Crippen LogP contribution in [0.25, 0.3) is 5.65 Å². The number of benzene rings is 1. The molecule has 0 saturated heterocycles. The summed E-state index contributed by atoms with van der Waals surface area (Å²) in [6.45, 7) is 3.68. The number of nitrogens with zero attached hydrogens (tertiary/aromatic N) is 2. The molecule has 8 heteroatoms. The number of carbonyl (C=O) groups excluding carboxylic acids is 2. The molecule has 0 unspecified atom stereocenters. The van der Waals surface area contributed by atoms with Crippen LogP contribution >= 0.6 is 0 Å². The number of urea groups is 1. The molecule has 3 amide bonds. The quantitative estimate of drug-likeness (QED) is 0.660. The van der Waals surface area contributed by atoms with E-state index >= 15 is 0 Å². The van der Waals surface area contributed by atoms with Gasteiger partial charge in [-0.15, -0.1) is 0 Å². The number of aromatic nitrogens is 2. The number of pyridine rings is 1. The highest BCUT2D eigenvalue weighted by molar-refractivity contribution is 6.06. The lowest BCUT2D eigenvalue weighted by Gasteiger charge is -2.14. The maximum Gasteiger partial charge on any atom is 0.319 e. The van der Waals surface area contributed by atoms with Crippen molar-refractivity contribution in [1.82, 2.24) is 14.7 Å². The number of anilines is 2. The topological polar surface area (TPSA) is 105 Å². The lowest BCUT2D eigenvalue weighted by molar-refractivity contribution is 0.102. The second-order valence-corrected chi connectivity index (χ2v) is 6.16. The number of hydrogen-bond donors (Lipinski definition) is 3. The van der Waals surface area contributed by atoms with E-state index in [0.717, 1.165) is 0 Å². The molecule has 0 bridgehead atoms. The van der Waals surface area contributed by atoms with Gasteiger partial charge in [0.05, 0.1) is 11.4 Å². The first-order chi connectivity index (χ1) is 13.0. The van der Waals surface area contributed by atoms with Crippen LogP contribution in [0.4, 0.5) is 16.2 Å². The summed E-state index contributed by atoms with van der Waals surface area (Å²) in [5.74, 6) is -0.607. The minimum atomic E-state index is -0.607. The summed E-state index contributed by atoms with van der Waals surface area (Å²) in [5, 5.41) is 8.04. The van der Waals surface area contributed by atoms with E-state index in [-0.39, 0.29) is 17.6 Å². The van der Waals surface area contributed by atoms with Crippen molar-refractivity contribution in [1.29, 1.82) is 0 Å². The van der Waals surface area contributed by atoms with Crippen molar-refractivity contribution in [2.75, 3.05) is 10.6 Å². The Kier molecular flexibility index (Phi) is 5.16.